The lowest BCUT2D eigenvalue weighted by molar-refractivity contribution is 0.478. The molecule has 0 spiro atoms. The lowest BCUT2D eigenvalue weighted by atomic mass is 10.1. The predicted octanol–water partition coefficient (Wildman–Crippen LogP) is 4.99. The zero-order chi connectivity index (χ0) is 22.7. The Morgan fingerprint density at radius 1 is 0.879 bits per heavy atom. The number of rotatable bonds is 6. The molecule has 1 fully saturated rings. The maximum absolute atomic E-state index is 10.6. The molecule has 2 aromatic carbocycles. The highest BCUT2D eigenvalue weighted by atomic mass is 32.3. The van der Waals surface area contributed by atoms with Crippen molar-refractivity contribution in [2.75, 3.05) is 23.1 Å². The largest absolute Gasteiger partial charge is 0.366 e. The van der Waals surface area contributed by atoms with E-state index >= 15 is 0 Å². The lowest BCUT2D eigenvalue weighted by Crippen LogP contribution is -2.35. The van der Waals surface area contributed by atoms with Crippen molar-refractivity contribution in [3.8, 4) is 11.1 Å². The quantitative estimate of drug-likeness (QED) is 0.272. The monoisotopic (exact) mass is 462 g/mol. The molecule has 0 bridgehead atoms. The number of aromatic nitrogens is 3. The number of nitrogens with zero attached hydrogens (tertiary/aromatic N) is 3. The fourth-order valence-corrected chi connectivity index (χ4v) is 5.02. The van der Waals surface area contributed by atoms with Gasteiger partial charge in [-0.05, 0) is 61.8 Å². The molecule has 0 amide bonds. The van der Waals surface area contributed by atoms with Crippen LogP contribution in [-0.4, -0.2) is 43.2 Å². The molecule has 0 radical (unpaired) electrons. The molecular formula is C24H26N6O2S. The predicted molar refractivity (Wildman–Crippen MR) is 133 cm³/mol. The van der Waals surface area contributed by atoms with E-state index in [1.54, 1.807) is 42.9 Å². The van der Waals surface area contributed by atoms with Gasteiger partial charge in [0.05, 0.1) is 34.0 Å². The number of hydrogen-bond donors (Lipinski definition) is 5. The molecule has 8 nitrogen and oxygen atoms in total. The summed E-state index contributed by atoms with van der Waals surface area (Å²) in [4.78, 5) is 14.0. The zero-order valence-corrected chi connectivity index (χ0v) is 18.8. The normalized spacial score (nSPS) is 15.3. The molecule has 9 heteroatoms. The Kier molecular flexibility index (Phi) is 6.10. The van der Waals surface area contributed by atoms with E-state index < -0.39 is 10.8 Å². The maximum Gasteiger partial charge on any atom is 0.145 e. The number of nitrogens with one attached hydrogen (secondary N) is 3. The molecule has 4 aromatic rings. The molecule has 0 unspecified atom stereocenters. The van der Waals surface area contributed by atoms with Crippen molar-refractivity contribution >= 4 is 33.3 Å². The maximum atomic E-state index is 10.6. The number of benzene rings is 2. The van der Waals surface area contributed by atoms with E-state index in [9.17, 15) is 9.11 Å². The van der Waals surface area contributed by atoms with E-state index in [1.807, 2.05) is 30.3 Å². The van der Waals surface area contributed by atoms with Crippen molar-refractivity contribution in [3.63, 3.8) is 0 Å². The number of hydrogen-bond acceptors (Lipinski definition) is 8. The van der Waals surface area contributed by atoms with Gasteiger partial charge in [0.25, 0.3) is 0 Å². The van der Waals surface area contributed by atoms with Crippen LogP contribution >= 0.6 is 10.8 Å². The SMILES string of the molecule is OS(O)(Nc1cncc(-c2ccc3ncc(NC4CCNCC4)nc3c2)c1)c1ccccc1. The fourth-order valence-electron chi connectivity index (χ4n) is 3.92. The van der Waals surface area contributed by atoms with Crippen molar-refractivity contribution in [3.05, 3.63) is 73.2 Å². The Balaban J connectivity index is 1.39. The van der Waals surface area contributed by atoms with Gasteiger partial charge in [-0.1, -0.05) is 35.0 Å². The first-order valence-corrected chi connectivity index (χ1v) is 12.4. The first-order chi connectivity index (χ1) is 16.1. The highest BCUT2D eigenvalue weighted by Gasteiger charge is 2.16. The minimum absolute atomic E-state index is 0.400. The van der Waals surface area contributed by atoms with Gasteiger partial charge in [-0.3, -0.25) is 23.8 Å². The molecule has 33 heavy (non-hydrogen) atoms. The smallest absolute Gasteiger partial charge is 0.145 e. The summed E-state index contributed by atoms with van der Waals surface area (Å²) in [5.74, 6) is 0.775. The van der Waals surface area contributed by atoms with Crippen LogP contribution in [0.4, 0.5) is 11.5 Å². The molecule has 1 aliphatic rings. The molecule has 170 valence electrons. The van der Waals surface area contributed by atoms with Gasteiger partial charge >= 0.3 is 0 Å². The third kappa shape index (κ3) is 5.07. The first-order valence-electron chi connectivity index (χ1n) is 10.9. The van der Waals surface area contributed by atoms with Crippen LogP contribution in [0.2, 0.25) is 0 Å². The minimum Gasteiger partial charge on any atom is -0.366 e. The third-order valence-electron chi connectivity index (χ3n) is 5.64. The molecule has 2 aromatic heterocycles. The summed E-state index contributed by atoms with van der Waals surface area (Å²) in [5.41, 5.74) is 3.88. The minimum atomic E-state index is -3.19. The summed E-state index contributed by atoms with van der Waals surface area (Å²) in [6, 6.07) is 16.8. The number of pyridine rings is 1. The van der Waals surface area contributed by atoms with Crippen LogP contribution in [0.15, 0.2) is 78.1 Å². The molecule has 0 atom stereocenters. The summed E-state index contributed by atoms with van der Waals surface area (Å²) >= 11 is 0. The van der Waals surface area contributed by atoms with Gasteiger partial charge in [0.15, 0.2) is 0 Å². The molecule has 5 N–H and O–H groups in total. The van der Waals surface area contributed by atoms with Gasteiger partial charge in [-0.2, -0.15) is 0 Å². The van der Waals surface area contributed by atoms with E-state index in [2.05, 4.69) is 25.3 Å². The molecule has 0 saturated carbocycles. The van der Waals surface area contributed by atoms with Crippen molar-refractivity contribution in [1.82, 2.24) is 20.3 Å². The van der Waals surface area contributed by atoms with Crippen LogP contribution in [0.3, 0.4) is 0 Å². The summed E-state index contributed by atoms with van der Waals surface area (Å²) in [6.07, 6.45) is 7.22. The van der Waals surface area contributed by atoms with Crippen molar-refractivity contribution < 1.29 is 9.11 Å². The Labute approximate surface area is 194 Å². The molecule has 5 rings (SSSR count). The van der Waals surface area contributed by atoms with Crippen LogP contribution in [0, 0.1) is 0 Å². The molecule has 1 aliphatic heterocycles. The molecular weight excluding hydrogens is 436 g/mol. The first kappa shape index (κ1) is 21.6. The average Bonchev–Trinajstić information content (AvgIpc) is 2.85. The average molecular weight is 463 g/mol. The van der Waals surface area contributed by atoms with Gasteiger partial charge in [0.2, 0.25) is 0 Å². The summed E-state index contributed by atoms with van der Waals surface area (Å²) in [7, 11) is -3.19. The second kappa shape index (κ2) is 9.32. The van der Waals surface area contributed by atoms with E-state index in [4.69, 9.17) is 4.98 Å². The van der Waals surface area contributed by atoms with Crippen LogP contribution in [0.25, 0.3) is 22.2 Å². The van der Waals surface area contributed by atoms with Crippen LogP contribution in [0.5, 0.6) is 0 Å². The van der Waals surface area contributed by atoms with Crippen LogP contribution in [0.1, 0.15) is 12.8 Å². The molecule has 0 aliphatic carbocycles. The summed E-state index contributed by atoms with van der Waals surface area (Å²) in [6.45, 7) is 2.02. The van der Waals surface area contributed by atoms with Crippen molar-refractivity contribution in [2.45, 2.75) is 23.8 Å². The van der Waals surface area contributed by atoms with Gasteiger partial charge in [0.1, 0.15) is 5.82 Å². The fraction of sp³-hybridized carbons (Fsp3) is 0.208. The van der Waals surface area contributed by atoms with Crippen LogP contribution < -0.4 is 15.4 Å². The number of piperidine rings is 1. The zero-order valence-electron chi connectivity index (χ0n) is 18.0. The number of fused-ring (bicyclic) bond motifs is 1. The highest BCUT2D eigenvalue weighted by molar-refractivity contribution is 8.25. The van der Waals surface area contributed by atoms with E-state index in [1.165, 1.54) is 0 Å². The third-order valence-corrected chi connectivity index (χ3v) is 7.09. The Morgan fingerprint density at radius 3 is 2.52 bits per heavy atom. The van der Waals surface area contributed by atoms with Crippen LogP contribution in [-0.2, 0) is 0 Å². The van der Waals surface area contributed by atoms with E-state index in [0.29, 0.717) is 16.6 Å². The second-order valence-corrected chi connectivity index (χ2v) is 9.83. The van der Waals surface area contributed by atoms with Crippen molar-refractivity contribution in [2.24, 2.45) is 0 Å². The Morgan fingerprint density at radius 2 is 1.70 bits per heavy atom. The molecule has 3 heterocycles. The topological polar surface area (TPSA) is 115 Å². The van der Waals surface area contributed by atoms with E-state index in [0.717, 1.165) is 53.9 Å². The van der Waals surface area contributed by atoms with Gasteiger partial charge in [0, 0.05) is 17.8 Å². The number of anilines is 2. The van der Waals surface area contributed by atoms with E-state index in [-0.39, 0.29) is 0 Å². The standard InChI is InChI=1S/C24H26N6O2S/c31-33(32,21-4-2-1-3-5-21)30-20-12-18(14-26-15-20)17-6-7-22-23(13-17)29-24(16-27-22)28-19-8-10-25-11-9-19/h1-7,12-16,19,25,30-32H,8-11H2,(H,28,29). The second-order valence-electron chi connectivity index (χ2n) is 8.05. The van der Waals surface area contributed by atoms with Gasteiger partial charge in [-0.15, -0.1) is 0 Å². The van der Waals surface area contributed by atoms with Gasteiger partial charge < -0.3 is 10.6 Å². The van der Waals surface area contributed by atoms with Crippen molar-refractivity contribution in [1.29, 1.82) is 0 Å². The lowest BCUT2D eigenvalue weighted by Gasteiger charge is -2.33. The Bertz CT molecular complexity index is 1250. The summed E-state index contributed by atoms with van der Waals surface area (Å²) in [5, 5.41) is 6.86. The highest BCUT2D eigenvalue weighted by Crippen LogP contribution is 2.47. The van der Waals surface area contributed by atoms with Gasteiger partial charge in [-0.25, -0.2) is 4.98 Å². The summed E-state index contributed by atoms with van der Waals surface area (Å²) < 4.78 is 24.0. The molecule has 1 saturated heterocycles. The Hall–Kier alpha value is -3.24.